The molecule has 2 aromatic carbocycles. The first-order valence-electron chi connectivity index (χ1n) is 11.7. The van der Waals surface area contributed by atoms with Crippen molar-refractivity contribution in [1.82, 2.24) is 15.0 Å². The molecule has 5 rings (SSSR count). The molecule has 0 amide bonds. The SMILES string of the molecule is Cc1nc2cccc(-c3cc(C(=O)O)c(C(N)COCc4ccccc4)[nH]3)c2nc1NC1(C)CC1. The number of carbonyl (C=O) groups is 1. The molecule has 8 nitrogen and oxygen atoms in total. The van der Waals surface area contributed by atoms with E-state index >= 15 is 0 Å². The number of carboxylic acid groups (broad SMARTS) is 1. The van der Waals surface area contributed by atoms with E-state index in [2.05, 4.69) is 17.2 Å². The Morgan fingerprint density at radius 1 is 1.20 bits per heavy atom. The van der Waals surface area contributed by atoms with Gasteiger partial charge in [-0.05, 0) is 44.4 Å². The maximum atomic E-state index is 12.0. The van der Waals surface area contributed by atoms with Crippen molar-refractivity contribution in [3.63, 3.8) is 0 Å². The van der Waals surface area contributed by atoms with Crippen molar-refractivity contribution in [1.29, 1.82) is 0 Å². The fraction of sp³-hybridized carbons (Fsp3) is 0.296. The molecule has 2 aromatic heterocycles. The quantitative estimate of drug-likeness (QED) is 0.276. The molecule has 1 aliphatic carbocycles. The van der Waals surface area contributed by atoms with Crippen LogP contribution in [-0.2, 0) is 11.3 Å². The Bertz CT molecular complexity index is 1380. The van der Waals surface area contributed by atoms with Crippen LogP contribution >= 0.6 is 0 Å². The number of nitrogens with zero attached hydrogens (tertiary/aromatic N) is 2. The van der Waals surface area contributed by atoms with Crippen molar-refractivity contribution in [3.8, 4) is 11.3 Å². The Labute approximate surface area is 203 Å². The Kier molecular flexibility index (Phi) is 6.00. The van der Waals surface area contributed by atoms with Crippen LogP contribution in [-0.4, -0.2) is 38.2 Å². The van der Waals surface area contributed by atoms with Gasteiger partial charge in [0.05, 0.1) is 36.0 Å². The Balaban J connectivity index is 1.45. The van der Waals surface area contributed by atoms with Gasteiger partial charge >= 0.3 is 5.97 Å². The largest absolute Gasteiger partial charge is 0.478 e. The van der Waals surface area contributed by atoms with Crippen molar-refractivity contribution in [2.24, 2.45) is 5.73 Å². The number of para-hydroxylation sites is 1. The van der Waals surface area contributed by atoms with Gasteiger partial charge in [0.2, 0.25) is 0 Å². The molecule has 1 saturated carbocycles. The van der Waals surface area contributed by atoms with Gasteiger partial charge in [-0.15, -0.1) is 0 Å². The van der Waals surface area contributed by atoms with E-state index in [-0.39, 0.29) is 17.7 Å². The Morgan fingerprint density at radius 3 is 2.69 bits per heavy atom. The molecule has 35 heavy (non-hydrogen) atoms. The molecule has 0 bridgehead atoms. The highest BCUT2D eigenvalue weighted by Gasteiger charge is 2.38. The first kappa shape index (κ1) is 23.0. The van der Waals surface area contributed by atoms with E-state index in [9.17, 15) is 9.90 Å². The van der Waals surface area contributed by atoms with Gasteiger partial charge in [-0.1, -0.05) is 42.5 Å². The lowest BCUT2D eigenvalue weighted by Gasteiger charge is -2.15. The Morgan fingerprint density at radius 2 is 1.97 bits per heavy atom. The van der Waals surface area contributed by atoms with Gasteiger partial charge in [-0.2, -0.15) is 0 Å². The number of nitrogens with one attached hydrogen (secondary N) is 2. The van der Waals surface area contributed by atoms with E-state index in [4.69, 9.17) is 20.4 Å². The summed E-state index contributed by atoms with van der Waals surface area (Å²) in [7, 11) is 0. The molecule has 1 unspecified atom stereocenters. The van der Waals surface area contributed by atoms with E-state index in [0.717, 1.165) is 41.0 Å². The maximum Gasteiger partial charge on any atom is 0.337 e. The minimum absolute atomic E-state index is 0.0602. The fourth-order valence-electron chi connectivity index (χ4n) is 4.15. The highest BCUT2D eigenvalue weighted by atomic mass is 16.5. The molecule has 2 heterocycles. The number of aromatic carboxylic acids is 1. The molecule has 0 spiro atoms. The summed E-state index contributed by atoms with van der Waals surface area (Å²) in [6.07, 6.45) is 2.19. The highest BCUT2D eigenvalue weighted by molar-refractivity contribution is 5.95. The number of carboxylic acids is 1. The molecule has 1 aliphatic rings. The molecular formula is C27H29N5O3. The van der Waals surface area contributed by atoms with Crippen LogP contribution in [0.1, 0.15) is 53.1 Å². The molecule has 4 aromatic rings. The zero-order valence-electron chi connectivity index (χ0n) is 19.8. The monoisotopic (exact) mass is 471 g/mol. The summed E-state index contributed by atoms with van der Waals surface area (Å²) in [5.74, 6) is -0.298. The molecule has 180 valence electrons. The normalized spacial score (nSPS) is 15.2. The van der Waals surface area contributed by atoms with E-state index in [1.54, 1.807) is 6.07 Å². The molecule has 1 fully saturated rings. The number of nitrogens with two attached hydrogens (primary N) is 1. The number of ether oxygens (including phenoxy) is 1. The van der Waals surface area contributed by atoms with Gasteiger partial charge in [0.25, 0.3) is 0 Å². The first-order valence-corrected chi connectivity index (χ1v) is 11.7. The lowest BCUT2D eigenvalue weighted by molar-refractivity contribution is 0.0692. The summed E-state index contributed by atoms with van der Waals surface area (Å²) in [4.78, 5) is 24.9. The summed E-state index contributed by atoms with van der Waals surface area (Å²) < 4.78 is 5.77. The molecule has 1 atom stereocenters. The second kappa shape index (κ2) is 9.13. The summed E-state index contributed by atoms with van der Waals surface area (Å²) in [5, 5.41) is 13.4. The second-order valence-corrected chi connectivity index (χ2v) is 9.44. The van der Waals surface area contributed by atoms with Gasteiger partial charge in [-0.3, -0.25) is 0 Å². The van der Waals surface area contributed by atoms with E-state index in [1.165, 1.54) is 0 Å². The third-order valence-electron chi connectivity index (χ3n) is 6.44. The summed E-state index contributed by atoms with van der Waals surface area (Å²) in [6.45, 7) is 4.69. The van der Waals surface area contributed by atoms with Crippen LogP contribution in [0, 0.1) is 6.92 Å². The van der Waals surface area contributed by atoms with E-state index in [0.29, 0.717) is 23.5 Å². The molecule has 0 saturated heterocycles. The number of rotatable bonds is 9. The third kappa shape index (κ3) is 4.89. The first-order chi connectivity index (χ1) is 16.8. The second-order valence-electron chi connectivity index (χ2n) is 9.44. The van der Waals surface area contributed by atoms with Crippen LogP contribution in [0.15, 0.2) is 54.6 Å². The van der Waals surface area contributed by atoms with Crippen LogP contribution in [0.25, 0.3) is 22.3 Å². The molecule has 0 radical (unpaired) electrons. The number of anilines is 1. The van der Waals surface area contributed by atoms with Gasteiger partial charge in [-0.25, -0.2) is 14.8 Å². The number of aromatic amines is 1. The van der Waals surface area contributed by atoms with Crippen LogP contribution < -0.4 is 11.1 Å². The number of fused-ring (bicyclic) bond motifs is 1. The number of aryl methyl sites for hydroxylation is 1. The maximum absolute atomic E-state index is 12.0. The summed E-state index contributed by atoms with van der Waals surface area (Å²) in [5.41, 5.74) is 11.7. The lowest BCUT2D eigenvalue weighted by atomic mass is 10.1. The number of hydrogen-bond donors (Lipinski definition) is 4. The molecule has 0 aliphatic heterocycles. The predicted octanol–water partition coefficient (Wildman–Crippen LogP) is 4.81. The van der Waals surface area contributed by atoms with Crippen LogP contribution in [0.3, 0.4) is 0 Å². The van der Waals surface area contributed by atoms with Crippen LogP contribution in [0.5, 0.6) is 0 Å². The Hall–Kier alpha value is -3.75. The van der Waals surface area contributed by atoms with Crippen molar-refractivity contribution in [2.45, 2.75) is 44.9 Å². The minimum atomic E-state index is -1.05. The zero-order valence-corrected chi connectivity index (χ0v) is 19.8. The zero-order chi connectivity index (χ0) is 24.6. The summed E-state index contributed by atoms with van der Waals surface area (Å²) in [6, 6.07) is 16.5. The van der Waals surface area contributed by atoms with Crippen LogP contribution in [0.2, 0.25) is 0 Å². The van der Waals surface area contributed by atoms with Gasteiger partial charge in [0.15, 0.2) is 0 Å². The number of hydrogen-bond acceptors (Lipinski definition) is 6. The molecular weight excluding hydrogens is 442 g/mol. The van der Waals surface area contributed by atoms with Crippen LogP contribution in [0.4, 0.5) is 5.82 Å². The predicted molar refractivity (Wildman–Crippen MR) is 135 cm³/mol. The number of aromatic nitrogens is 3. The molecule has 5 N–H and O–H groups in total. The smallest absolute Gasteiger partial charge is 0.337 e. The van der Waals surface area contributed by atoms with E-state index < -0.39 is 12.0 Å². The average molecular weight is 472 g/mol. The van der Waals surface area contributed by atoms with Gasteiger partial charge in [0.1, 0.15) is 11.3 Å². The fourth-order valence-corrected chi connectivity index (χ4v) is 4.15. The topological polar surface area (TPSA) is 126 Å². The van der Waals surface area contributed by atoms with E-state index in [1.807, 2.05) is 55.5 Å². The third-order valence-corrected chi connectivity index (χ3v) is 6.44. The summed E-state index contributed by atoms with van der Waals surface area (Å²) >= 11 is 0. The lowest BCUT2D eigenvalue weighted by Crippen LogP contribution is -2.20. The average Bonchev–Trinajstić information content (AvgIpc) is 3.39. The number of H-pyrrole nitrogens is 1. The standard InChI is InChI=1S/C27H29N5O3/c1-16-25(32-27(2)11-12-27)31-24-18(9-6-10-21(24)29-16)22-13-19(26(33)34)23(30-22)20(28)15-35-14-17-7-4-3-5-8-17/h3-10,13,20,30H,11-12,14-15,28H2,1-2H3,(H,31,32)(H,33,34). The number of benzene rings is 2. The van der Waals surface area contributed by atoms with Gasteiger partial charge in [0, 0.05) is 22.5 Å². The van der Waals surface area contributed by atoms with Crippen molar-refractivity contribution in [2.75, 3.05) is 11.9 Å². The molecule has 8 heteroatoms. The van der Waals surface area contributed by atoms with Crippen molar-refractivity contribution >= 4 is 22.8 Å². The van der Waals surface area contributed by atoms with Crippen molar-refractivity contribution < 1.29 is 14.6 Å². The van der Waals surface area contributed by atoms with Gasteiger partial charge < -0.3 is 25.9 Å². The minimum Gasteiger partial charge on any atom is -0.478 e. The van der Waals surface area contributed by atoms with Crippen molar-refractivity contribution in [3.05, 3.63) is 77.1 Å². The highest BCUT2D eigenvalue weighted by Crippen LogP contribution is 2.39.